The third-order valence-electron chi connectivity index (χ3n) is 5.84. The van der Waals surface area contributed by atoms with Gasteiger partial charge in [-0.15, -0.1) is 0 Å². The van der Waals surface area contributed by atoms with E-state index in [1.165, 1.54) is 23.8 Å². The molecule has 172 valence electrons. The van der Waals surface area contributed by atoms with Gasteiger partial charge in [0.05, 0.1) is 27.2 Å². The van der Waals surface area contributed by atoms with Gasteiger partial charge in [0.15, 0.2) is 0 Å². The van der Waals surface area contributed by atoms with E-state index in [0.29, 0.717) is 24.1 Å². The number of fused-ring (bicyclic) bond motifs is 1. The number of aromatic amines is 2. The summed E-state index contributed by atoms with van der Waals surface area (Å²) < 4.78 is 28.6. The minimum Gasteiger partial charge on any atom is -0.335 e. The van der Waals surface area contributed by atoms with E-state index in [0.717, 1.165) is 12.0 Å². The van der Waals surface area contributed by atoms with Gasteiger partial charge in [0, 0.05) is 13.1 Å². The molecule has 1 amide bonds. The van der Waals surface area contributed by atoms with Gasteiger partial charge in [0.2, 0.25) is 0 Å². The number of anilines is 1. The van der Waals surface area contributed by atoms with Crippen molar-refractivity contribution in [2.45, 2.75) is 11.3 Å². The molecule has 1 aromatic heterocycles. The predicted molar refractivity (Wildman–Crippen MR) is 131 cm³/mol. The van der Waals surface area contributed by atoms with Crippen molar-refractivity contribution in [3.63, 3.8) is 0 Å². The molecule has 0 saturated carbocycles. The molecule has 1 aliphatic rings. The number of nitrogens with one attached hydrogen (secondary N) is 3. The third-order valence-corrected chi connectivity index (χ3v) is 7.20. The second-order valence-electron chi connectivity index (χ2n) is 8.03. The van der Waals surface area contributed by atoms with Crippen molar-refractivity contribution >= 4 is 38.2 Å². The van der Waals surface area contributed by atoms with Gasteiger partial charge < -0.3 is 14.9 Å². The lowest BCUT2D eigenvalue weighted by atomic mass is 9.99. The average molecular weight is 475 g/mol. The van der Waals surface area contributed by atoms with Crippen LogP contribution in [0.4, 0.5) is 5.69 Å². The Morgan fingerprint density at radius 3 is 2.41 bits per heavy atom. The van der Waals surface area contributed by atoms with Crippen molar-refractivity contribution in [3.05, 3.63) is 100 Å². The first-order valence-electron chi connectivity index (χ1n) is 10.8. The Morgan fingerprint density at radius 2 is 1.65 bits per heavy atom. The molecule has 3 N–H and O–H groups in total. The van der Waals surface area contributed by atoms with Crippen molar-refractivity contribution in [1.82, 2.24) is 14.9 Å². The Balaban J connectivity index is 1.38. The number of nitrogens with zero attached hydrogens (tertiary/aromatic N) is 1. The maximum atomic E-state index is 13.3. The number of sulfonamides is 1. The maximum Gasteiger partial charge on any atom is 0.323 e. The molecule has 1 aliphatic heterocycles. The highest BCUT2D eigenvalue weighted by molar-refractivity contribution is 7.92. The molecular formula is C25H22N4O4S. The second-order valence-corrected chi connectivity index (χ2v) is 9.72. The number of rotatable bonds is 5. The van der Waals surface area contributed by atoms with Crippen LogP contribution in [0, 0.1) is 0 Å². The van der Waals surface area contributed by atoms with E-state index in [4.69, 9.17) is 0 Å². The number of hydrogen-bond donors (Lipinski definition) is 3. The molecular weight excluding hydrogens is 452 g/mol. The van der Waals surface area contributed by atoms with E-state index < -0.39 is 15.7 Å². The standard InChI is InChI=1S/C25H22N4O4S/c30-24(29-14-12-18(13-15-29)17-6-2-1-3-7-17)20-8-4-5-9-21(20)28-34(32,33)19-10-11-22-23(16-19)27-25(31)26-22/h1-12,16,28H,13-15H2,(H2,26,27,31). The van der Waals surface area contributed by atoms with Gasteiger partial charge in [-0.3, -0.25) is 9.52 Å². The van der Waals surface area contributed by atoms with Crippen LogP contribution in [0.5, 0.6) is 0 Å². The lowest BCUT2D eigenvalue weighted by Gasteiger charge is -2.27. The van der Waals surface area contributed by atoms with Crippen LogP contribution in [0.2, 0.25) is 0 Å². The smallest absolute Gasteiger partial charge is 0.323 e. The number of imidazole rings is 1. The molecule has 0 radical (unpaired) electrons. The number of carbonyl (C=O) groups excluding carboxylic acids is 1. The van der Waals surface area contributed by atoms with Crippen LogP contribution in [-0.2, 0) is 10.0 Å². The van der Waals surface area contributed by atoms with Crippen molar-refractivity contribution in [2.75, 3.05) is 17.8 Å². The molecule has 0 atom stereocenters. The van der Waals surface area contributed by atoms with Crippen molar-refractivity contribution in [2.24, 2.45) is 0 Å². The molecule has 0 spiro atoms. The molecule has 3 aromatic carbocycles. The van der Waals surface area contributed by atoms with Crippen LogP contribution in [-0.4, -0.2) is 42.3 Å². The zero-order valence-electron chi connectivity index (χ0n) is 18.1. The number of benzene rings is 3. The van der Waals surface area contributed by atoms with E-state index in [1.54, 1.807) is 29.2 Å². The third kappa shape index (κ3) is 4.25. The van der Waals surface area contributed by atoms with Crippen molar-refractivity contribution in [1.29, 1.82) is 0 Å². The van der Waals surface area contributed by atoms with E-state index in [9.17, 15) is 18.0 Å². The van der Waals surface area contributed by atoms with Crippen LogP contribution in [0.1, 0.15) is 22.3 Å². The highest BCUT2D eigenvalue weighted by Gasteiger charge is 2.24. The highest BCUT2D eigenvalue weighted by Crippen LogP contribution is 2.26. The number of carbonyl (C=O) groups is 1. The number of aromatic nitrogens is 2. The predicted octanol–water partition coefficient (Wildman–Crippen LogP) is 3.59. The quantitative estimate of drug-likeness (QED) is 0.410. The summed E-state index contributed by atoms with van der Waals surface area (Å²) >= 11 is 0. The number of hydrogen-bond acceptors (Lipinski definition) is 4. The molecule has 8 nitrogen and oxygen atoms in total. The number of amides is 1. The molecule has 0 fully saturated rings. The molecule has 5 rings (SSSR count). The minimum absolute atomic E-state index is 0.0223. The van der Waals surface area contributed by atoms with Gasteiger partial charge in [-0.05, 0) is 47.9 Å². The molecule has 34 heavy (non-hydrogen) atoms. The first kappa shape index (κ1) is 21.7. The Kier molecular flexibility index (Phi) is 5.54. The van der Waals surface area contributed by atoms with Crippen LogP contribution in [0.3, 0.4) is 0 Å². The number of H-pyrrole nitrogens is 2. The van der Waals surface area contributed by atoms with Gasteiger partial charge in [-0.25, -0.2) is 13.2 Å². The Hall–Kier alpha value is -4.11. The molecule has 0 aliphatic carbocycles. The molecule has 0 saturated heterocycles. The molecule has 0 unspecified atom stereocenters. The maximum absolute atomic E-state index is 13.3. The van der Waals surface area contributed by atoms with Crippen LogP contribution >= 0.6 is 0 Å². The van der Waals surface area contributed by atoms with Crippen LogP contribution < -0.4 is 10.4 Å². The molecule has 2 heterocycles. The Morgan fingerprint density at radius 1 is 0.912 bits per heavy atom. The summed E-state index contributed by atoms with van der Waals surface area (Å²) in [6.45, 7) is 0.986. The van der Waals surface area contributed by atoms with E-state index in [2.05, 4.69) is 14.7 Å². The van der Waals surface area contributed by atoms with Gasteiger partial charge in [-0.2, -0.15) is 0 Å². The zero-order valence-corrected chi connectivity index (χ0v) is 18.9. The monoisotopic (exact) mass is 474 g/mol. The topological polar surface area (TPSA) is 115 Å². The Labute approximate surface area is 196 Å². The summed E-state index contributed by atoms with van der Waals surface area (Å²) in [6, 6.07) is 20.9. The van der Waals surface area contributed by atoms with Crippen molar-refractivity contribution < 1.29 is 13.2 Å². The van der Waals surface area contributed by atoms with Gasteiger partial charge in [0.25, 0.3) is 15.9 Å². The van der Waals surface area contributed by atoms with E-state index >= 15 is 0 Å². The fourth-order valence-corrected chi connectivity index (χ4v) is 5.19. The van der Waals surface area contributed by atoms with Crippen LogP contribution in [0.15, 0.2) is 88.6 Å². The fraction of sp³-hybridized carbons (Fsp3) is 0.120. The zero-order chi connectivity index (χ0) is 23.7. The first-order valence-corrected chi connectivity index (χ1v) is 12.3. The SMILES string of the molecule is O=C(c1ccccc1NS(=O)(=O)c1ccc2[nH]c(=O)[nH]c2c1)N1CC=C(c2ccccc2)CC1. The lowest BCUT2D eigenvalue weighted by Crippen LogP contribution is -2.35. The lowest BCUT2D eigenvalue weighted by molar-refractivity contribution is 0.0774. The van der Waals surface area contributed by atoms with Gasteiger partial charge in [0.1, 0.15) is 0 Å². The fourth-order valence-electron chi connectivity index (χ4n) is 4.08. The molecule has 0 bridgehead atoms. The van der Waals surface area contributed by atoms with Gasteiger partial charge >= 0.3 is 5.69 Å². The normalized spacial score (nSPS) is 14.1. The summed E-state index contributed by atoms with van der Waals surface area (Å²) in [4.78, 5) is 31.6. The summed E-state index contributed by atoms with van der Waals surface area (Å²) in [5.74, 6) is -0.243. The number of para-hydroxylation sites is 1. The molecule has 9 heteroatoms. The second kappa shape index (κ2) is 8.68. The van der Waals surface area contributed by atoms with Crippen molar-refractivity contribution in [3.8, 4) is 0 Å². The minimum atomic E-state index is -4.00. The summed E-state index contributed by atoms with van der Waals surface area (Å²) in [5.41, 5.74) is 3.28. The van der Waals surface area contributed by atoms with E-state index in [1.807, 2.05) is 36.4 Å². The van der Waals surface area contributed by atoms with Crippen LogP contribution in [0.25, 0.3) is 16.6 Å². The molecule has 4 aromatic rings. The van der Waals surface area contributed by atoms with Gasteiger partial charge in [-0.1, -0.05) is 48.5 Å². The summed E-state index contributed by atoms with van der Waals surface area (Å²) in [7, 11) is -4.00. The summed E-state index contributed by atoms with van der Waals surface area (Å²) in [5, 5.41) is 0. The van der Waals surface area contributed by atoms with E-state index in [-0.39, 0.29) is 22.1 Å². The largest absolute Gasteiger partial charge is 0.335 e. The highest BCUT2D eigenvalue weighted by atomic mass is 32.2. The first-order chi connectivity index (χ1) is 16.4. The summed E-state index contributed by atoms with van der Waals surface area (Å²) in [6.07, 6.45) is 2.76. The Bertz CT molecular complexity index is 1570. The average Bonchev–Trinajstić information content (AvgIpc) is 3.24.